The number of ether oxygens (including phenoxy) is 1. The summed E-state index contributed by atoms with van der Waals surface area (Å²) in [5.41, 5.74) is 15.8. The van der Waals surface area contributed by atoms with E-state index in [1.807, 2.05) is 37.2 Å². The largest absolute Gasteiger partial charge is 0.497 e. The molecule has 2 aromatic carbocycles. The fourth-order valence-corrected chi connectivity index (χ4v) is 4.44. The third-order valence-corrected chi connectivity index (χ3v) is 6.06. The van der Waals surface area contributed by atoms with Crippen molar-refractivity contribution in [2.24, 2.45) is 5.73 Å². The van der Waals surface area contributed by atoms with Gasteiger partial charge in [0, 0.05) is 25.5 Å². The summed E-state index contributed by atoms with van der Waals surface area (Å²) < 4.78 is 5.33. The Bertz CT molecular complexity index is 1150. The zero-order chi connectivity index (χ0) is 21.6. The average molecular weight is 418 g/mol. The molecule has 1 atom stereocenters. The molecular weight excluding hydrogens is 390 g/mol. The molecule has 0 fully saturated rings. The second-order valence-corrected chi connectivity index (χ2v) is 8.13. The topological polar surface area (TPSA) is 100 Å². The van der Waals surface area contributed by atoms with E-state index in [-0.39, 0.29) is 0 Å². The van der Waals surface area contributed by atoms with Gasteiger partial charge in [-0.25, -0.2) is 10.4 Å². The fraction of sp³-hybridized carbons (Fsp3) is 0.304. The predicted octanol–water partition coefficient (Wildman–Crippen LogP) is 2.30. The summed E-state index contributed by atoms with van der Waals surface area (Å²) in [4.78, 5) is 9.31. The van der Waals surface area contributed by atoms with E-state index in [0.717, 1.165) is 53.5 Å². The molecule has 2 aliphatic rings. The molecule has 5 N–H and O–H groups in total. The number of nitrogens with zero attached hydrogens (tertiary/aromatic N) is 3. The van der Waals surface area contributed by atoms with Gasteiger partial charge in [0.2, 0.25) is 5.95 Å². The van der Waals surface area contributed by atoms with Gasteiger partial charge >= 0.3 is 0 Å². The number of hydrazine groups is 1. The van der Waals surface area contributed by atoms with Gasteiger partial charge in [-0.05, 0) is 66.4 Å². The van der Waals surface area contributed by atoms with Crippen LogP contribution in [0.4, 0.5) is 17.5 Å². The highest BCUT2D eigenvalue weighted by Gasteiger charge is 2.42. The van der Waals surface area contributed by atoms with Gasteiger partial charge in [0.15, 0.2) is 5.82 Å². The first kappa shape index (κ1) is 19.7. The van der Waals surface area contributed by atoms with Crippen molar-refractivity contribution in [2.75, 3.05) is 31.0 Å². The minimum atomic E-state index is -0.920. The van der Waals surface area contributed by atoms with Crippen LogP contribution in [0.5, 0.6) is 5.75 Å². The lowest BCUT2D eigenvalue weighted by Gasteiger charge is -2.28. The highest BCUT2D eigenvalue weighted by atomic mass is 16.5. The number of nitrogens with one attached hydrogen (secondary N) is 3. The molecule has 0 spiro atoms. The number of hydrogen-bond acceptors (Lipinski definition) is 8. The molecule has 2 aliphatic heterocycles. The van der Waals surface area contributed by atoms with Crippen LogP contribution in [0.2, 0.25) is 0 Å². The predicted molar refractivity (Wildman–Crippen MR) is 121 cm³/mol. The molecule has 0 amide bonds. The monoisotopic (exact) mass is 417 g/mol. The Kier molecular flexibility index (Phi) is 4.77. The molecule has 0 saturated heterocycles. The average Bonchev–Trinajstić information content (AvgIpc) is 3.03. The van der Waals surface area contributed by atoms with Crippen LogP contribution in [-0.2, 0) is 18.6 Å². The van der Waals surface area contributed by atoms with Crippen molar-refractivity contribution in [1.29, 1.82) is 0 Å². The van der Waals surface area contributed by atoms with Crippen molar-refractivity contribution in [1.82, 2.24) is 20.7 Å². The number of fused-ring (bicyclic) bond motifs is 2. The van der Waals surface area contributed by atoms with Crippen LogP contribution < -0.4 is 31.5 Å². The molecule has 3 aromatic rings. The first-order valence-electron chi connectivity index (χ1n) is 10.4. The van der Waals surface area contributed by atoms with Crippen LogP contribution >= 0.6 is 0 Å². The molecule has 0 radical (unpaired) electrons. The summed E-state index contributed by atoms with van der Waals surface area (Å²) in [6, 6.07) is 12.3. The second-order valence-electron chi connectivity index (χ2n) is 8.13. The number of nitrogens with two attached hydrogens (primary N) is 1. The first-order chi connectivity index (χ1) is 15.0. The van der Waals surface area contributed by atoms with Crippen molar-refractivity contribution in [2.45, 2.75) is 25.6 Å². The Balaban J connectivity index is 1.46. The van der Waals surface area contributed by atoms with Crippen LogP contribution in [0, 0.1) is 6.92 Å². The number of hydrogen-bond donors (Lipinski definition) is 4. The van der Waals surface area contributed by atoms with Crippen LogP contribution in [-0.4, -0.2) is 30.7 Å². The lowest BCUT2D eigenvalue weighted by molar-refractivity contribution is 0.411. The third-order valence-electron chi connectivity index (χ3n) is 6.06. The van der Waals surface area contributed by atoms with Crippen LogP contribution in [0.1, 0.15) is 27.8 Å². The van der Waals surface area contributed by atoms with Gasteiger partial charge in [-0.2, -0.15) is 4.98 Å². The van der Waals surface area contributed by atoms with E-state index >= 15 is 0 Å². The molecule has 31 heavy (non-hydrogen) atoms. The molecule has 160 valence electrons. The van der Waals surface area contributed by atoms with Gasteiger partial charge < -0.3 is 21.1 Å². The Morgan fingerprint density at radius 3 is 2.84 bits per heavy atom. The van der Waals surface area contributed by atoms with Gasteiger partial charge in [0.1, 0.15) is 11.4 Å². The number of anilines is 3. The Hall–Kier alpha value is -3.20. The van der Waals surface area contributed by atoms with Crippen molar-refractivity contribution in [3.8, 4) is 5.75 Å². The van der Waals surface area contributed by atoms with Crippen molar-refractivity contribution in [3.05, 3.63) is 70.4 Å². The van der Waals surface area contributed by atoms with Gasteiger partial charge in [0.05, 0.1) is 12.7 Å². The third kappa shape index (κ3) is 3.38. The molecule has 1 aromatic heterocycles. The van der Waals surface area contributed by atoms with E-state index in [1.165, 1.54) is 11.1 Å². The summed E-state index contributed by atoms with van der Waals surface area (Å²) in [5.74, 6) is 2.08. The van der Waals surface area contributed by atoms with Crippen LogP contribution in [0.25, 0.3) is 0 Å². The number of methoxy groups -OCH3 is 1. The summed E-state index contributed by atoms with van der Waals surface area (Å²) in [7, 11) is 3.57. The highest BCUT2D eigenvalue weighted by Crippen LogP contribution is 2.38. The van der Waals surface area contributed by atoms with Crippen LogP contribution in [0.3, 0.4) is 0 Å². The van der Waals surface area contributed by atoms with Gasteiger partial charge in [-0.3, -0.25) is 5.01 Å². The molecular formula is C23H27N7O. The van der Waals surface area contributed by atoms with Gasteiger partial charge in [-0.15, -0.1) is 0 Å². The standard InChI is InChI=1S/C23H27N7O/c1-14-10-18(31-3)6-7-19(14)23(24)20-13-26-22(28-21(20)30(2)29-23)27-17-5-4-15-8-9-25-12-16(15)11-17/h4-7,10-11,13,25,29H,8-9,12,24H2,1-3H3,(H,26,27,28). The zero-order valence-electron chi connectivity index (χ0n) is 18.0. The minimum Gasteiger partial charge on any atom is -0.497 e. The van der Waals surface area contributed by atoms with Crippen molar-refractivity contribution in [3.63, 3.8) is 0 Å². The van der Waals surface area contributed by atoms with E-state index < -0.39 is 5.66 Å². The van der Waals surface area contributed by atoms with E-state index in [2.05, 4.69) is 39.2 Å². The first-order valence-corrected chi connectivity index (χ1v) is 10.4. The number of benzene rings is 2. The molecule has 0 bridgehead atoms. The SMILES string of the molecule is COc1ccc(C2(N)NN(C)c3nc(Nc4ccc5c(c4)CNCC5)ncc32)c(C)c1. The lowest BCUT2D eigenvalue weighted by atomic mass is 9.91. The number of rotatable bonds is 4. The van der Waals surface area contributed by atoms with Crippen LogP contribution in [0.15, 0.2) is 42.6 Å². The summed E-state index contributed by atoms with van der Waals surface area (Å²) >= 11 is 0. The minimum absolute atomic E-state index is 0.534. The van der Waals surface area contributed by atoms with E-state index in [1.54, 1.807) is 13.3 Å². The Labute approximate surface area is 181 Å². The lowest BCUT2D eigenvalue weighted by Crippen LogP contribution is -2.52. The van der Waals surface area contributed by atoms with E-state index in [0.29, 0.717) is 5.95 Å². The quantitative estimate of drug-likeness (QED) is 0.513. The highest BCUT2D eigenvalue weighted by molar-refractivity contribution is 5.63. The van der Waals surface area contributed by atoms with Gasteiger partial charge in [-0.1, -0.05) is 12.1 Å². The summed E-state index contributed by atoms with van der Waals surface area (Å²) in [6.07, 6.45) is 2.86. The van der Waals surface area contributed by atoms with Crippen molar-refractivity contribution < 1.29 is 4.74 Å². The zero-order valence-corrected chi connectivity index (χ0v) is 18.0. The second kappa shape index (κ2) is 7.49. The molecule has 3 heterocycles. The maximum atomic E-state index is 6.85. The molecule has 0 saturated carbocycles. The molecule has 8 heteroatoms. The maximum absolute atomic E-state index is 6.85. The van der Waals surface area contributed by atoms with E-state index in [4.69, 9.17) is 15.5 Å². The number of aryl methyl sites for hydroxylation is 1. The van der Waals surface area contributed by atoms with Gasteiger partial charge in [0.25, 0.3) is 0 Å². The van der Waals surface area contributed by atoms with E-state index in [9.17, 15) is 0 Å². The number of aromatic nitrogens is 2. The molecule has 1 unspecified atom stereocenters. The molecule has 5 rings (SSSR count). The Morgan fingerprint density at radius 1 is 1.16 bits per heavy atom. The summed E-state index contributed by atoms with van der Waals surface area (Å²) in [6.45, 7) is 3.94. The normalized spacial score (nSPS) is 19.7. The molecule has 0 aliphatic carbocycles. The molecule has 8 nitrogen and oxygen atoms in total. The smallest absolute Gasteiger partial charge is 0.229 e. The Morgan fingerprint density at radius 2 is 2.03 bits per heavy atom. The summed E-state index contributed by atoms with van der Waals surface area (Å²) in [5, 5.41) is 8.60. The van der Waals surface area contributed by atoms with Crippen molar-refractivity contribution >= 4 is 17.5 Å². The maximum Gasteiger partial charge on any atom is 0.229 e. The fourth-order valence-electron chi connectivity index (χ4n) is 4.44.